The smallest absolute Gasteiger partial charge is 0.253 e. The van der Waals surface area contributed by atoms with E-state index in [-0.39, 0.29) is 5.91 Å². The van der Waals surface area contributed by atoms with Gasteiger partial charge in [0.1, 0.15) is 0 Å². The molecule has 1 aliphatic rings. The normalized spacial score (nSPS) is 14.2. The summed E-state index contributed by atoms with van der Waals surface area (Å²) in [6.07, 6.45) is 3.06. The lowest BCUT2D eigenvalue weighted by Crippen LogP contribution is -2.21. The lowest BCUT2D eigenvalue weighted by atomic mass is 10.0. The van der Waals surface area contributed by atoms with Crippen molar-refractivity contribution < 1.29 is 9.59 Å². The summed E-state index contributed by atoms with van der Waals surface area (Å²) in [6.45, 7) is 2.15. The first-order chi connectivity index (χ1) is 14.5. The average molecular weight is 403 g/mol. The molecule has 1 saturated carbocycles. The minimum absolute atomic E-state index is 0.0263. The van der Waals surface area contributed by atoms with Gasteiger partial charge in [-0.1, -0.05) is 18.2 Å². The number of rotatable bonds is 7. The van der Waals surface area contributed by atoms with Gasteiger partial charge in [0.25, 0.3) is 5.91 Å². The number of nitrogens with one attached hydrogen (secondary N) is 2. The number of benzene rings is 2. The van der Waals surface area contributed by atoms with Gasteiger partial charge in [-0.15, -0.1) is 10.2 Å². The Morgan fingerprint density at radius 2 is 1.80 bits per heavy atom. The first-order valence-electron chi connectivity index (χ1n) is 10.1. The Balaban J connectivity index is 1.69. The van der Waals surface area contributed by atoms with E-state index in [1.54, 1.807) is 19.0 Å². The minimum atomic E-state index is -0.0263. The van der Waals surface area contributed by atoms with Gasteiger partial charge in [0.05, 0.1) is 11.2 Å². The van der Waals surface area contributed by atoms with Crippen molar-refractivity contribution in [3.63, 3.8) is 0 Å². The van der Waals surface area contributed by atoms with Gasteiger partial charge in [0, 0.05) is 31.1 Å². The zero-order chi connectivity index (χ0) is 21.3. The van der Waals surface area contributed by atoms with E-state index in [0.717, 1.165) is 27.7 Å². The van der Waals surface area contributed by atoms with Gasteiger partial charge in [0.15, 0.2) is 5.82 Å². The molecular weight excluding hydrogens is 378 g/mol. The number of carbonyl (C=O) groups excluding carboxylic acids is 2. The molecule has 1 heterocycles. The summed E-state index contributed by atoms with van der Waals surface area (Å²) in [4.78, 5) is 24.7. The maximum absolute atomic E-state index is 12.1. The van der Waals surface area contributed by atoms with Crippen molar-refractivity contribution in [1.82, 2.24) is 15.1 Å². The quantitative estimate of drug-likeness (QED) is 0.586. The molecule has 2 amide bonds. The van der Waals surface area contributed by atoms with Crippen molar-refractivity contribution in [1.29, 1.82) is 0 Å². The van der Waals surface area contributed by atoms with Crippen LogP contribution in [0.2, 0.25) is 0 Å². The van der Waals surface area contributed by atoms with Gasteiger partial charge in [-0.2, -0.15) is 0 Å². The molecule has 7 nitrogen and oxygen atoms in total. The van der Waals surface area contributed by atoms with Crippen LogP contribution < -0.4 is 10.6 Å². The van der Waals surface area contributed by atoms with E-state index < -0.39 is 0 Å². The number of carbonyl (C=O) groups is 2. The molecule has 0 spiro atoms. The molecule has 0 bridgehead atoms. The minimum Gasteiger partial charge on any atom is -0.379 e. The van der Waals surface area contributed by atoms with Crippen molar-refractivity contribution >= 4 is 34.7 Å². The molecule has 154 valence electrons. The lowest BCUT2D eigenvalue weighted by Gasteiger charge is -2.18. The van der Waals surface area contributed by atoms with E-state index in [4.69, 9.17) is 0 Å². The second-order valence-corrected chi connectivity index (χ2v) is 7.97. The third-order valence-corrected chi connectivity index (χ3v) is 5.53. The fourth-order valence-corrected chi connectivity index (χ4v) is 3.59. The molecule has 0 saturated heterocycles. The predicted octanol–water partition coefficient (Wildman–Crippen LogP) is 3.78. The van der Waals surface area contributed by atoms with Gasteiger partial charge in [0.2, 0.25) is 6.41 Å². The molecule has 1 aliphatic carbocycles. The van der Waals surface area contributed by atoms with E-state index in [0.29, 0.717) is 29.8 Å². The second-order valence-electron chi connectivity index (χ2n) is 7.97. The van der Waals surface area contributed by atoms with Gasteiger partial charge >= 0.3 is 0 Å². The van der Waals surface area contributed by atoms with Crippen LogP contribution in [0.25, 0.3) is 22.0 Å². The topological polar surface area (TPSA) is 87.2 Å². The molecule has 3 aromatic rings. The largest absolute Gasteiger partial charge is 0.379 e. The van der Waals surface area contributed by atoms with Crippen LogP contribution in [0.4, 0.5) is 11.5 Å². The van der Waals surface area contributed by atoms with Crippen molar-refractivity contribution in [2.75, 3.05) is 24.7 Å². The maximum Gasteiger partial charge on any atom is 0.253 e. The Morgan fingerprint density at radius 1 is 1.10 bits per heavy atom. The summed E-state index contributed by atoms with van der Waals surface area (Å²) in [5, 5.41) is 15.6. The number of hydrogen-bond donors (Lipinski definition) is 2. The highest BCUT2D eigenvalue weighted by Gasteiger charge is 2.29. The fraction of sp³-hybridized carbons (Fsp3) is 0.304. The lowest BCUT2D eigenvalue weighted by molar-refractivity contribution is -0.105. The summed E-state index contributed by atoms with van der Waals surface area (Å²) in [5.41, 5.74) is 4.16. The second kappa shape index (κ2) is 8.10. The number of aromatic nitrogens is 2. The molecule has 7 heteroatoms. The van der Waals surface area contributed by atoms with Crippen LogP contribution in [0.15, 0.2) is 42.5 Å². The maximum atomic E-state index is 12.1. The molecule has 2 aromatic carbocycles. The highest BCUT2D eigenvalue weighted by atomic mass is 16.2. The molecule has 1 aromatic heterocycles. The van der Waals surface area contributed by atoms with Crippen molar-refractivity contribution in [2.45, 2.75) is 25.8 Å². The molecular formula is C23H25N5O2. The summed E-state index contributed by atoms with van der Waals surface area (Å²) >= 11 is 0. The van der Waals surface area contributed by atoms with Gasteiger partial charge in [-0.3, -0.25) is 9.59 Å². The zero-order valence-electron chi connectivity index (χ0n) is 17.3. The van der Waals surface area contributed by atoms with Gasteiger partial charge < -0.3 is 15.5 Å². The van der Waals surface area contributed by atoms with Crippen molar-refractivity contribution in [3.05, 3.63) is 48.0 Å². The molecule has 0 aliphatic heterocycles. The number of hydrogen-bond acceptors (Lipinski definition) is 5. The fourth-order valence-electron chi connectivity index (χ4n) is 3.59. The van der Waals surface area contributed by atoms with Gasteiger partial charge in [-0.05, 0) is 61.1 Å². The number of amides is 2. The predicted molar refractivity (Wildman–Crippen MR) is 118 cm³/mol. The SMILES string of the molecule is C[C@@H](Nc1c(NC=O)nnc2cc(-c3ccc(C(=O)N(C)C)cc3)ccc12)C1CC1. The average Bonchev–Trinajstić information content (AvgIpc) is 3.60. The van der Waals surface area contributed by atoms with Crippen LogP contribution in [-0.2, 0) is 4.79 Å². The standard InChI is InChI=1S/C23H25N5O2/c1-14(15-4-5-15)25-21-19-11-10-18(12-20(19)26-27-22(21)24-13-29)16-6-8-17(9-7-16)23(30)28(2)3/h6-15H,4-5H2,1-3H3,(H,25,26)(H,24,27,29)/t14-/m1/s1. The van der Waals surface area contributed by atoms with E-state index in [1.165, 1.54) is 12.8 Å². The Labute approximate surface area is 175 Å². The Hall–Kier alpha value is -3.48. The van der Waals surface area contributed by atoms with E-state index in [2.05, 4.69) is 27.8 Å². The van der Waals surface area contributed by atoms with Gasteiger partial charge in [-0.25, -0.2) is 0 Å². The summed E-state index contributed by atoms with van der Waals surface area (Å²) in [5.74, 6) is 1.06. The molecule has 0 unspecified atom stereocenters. The highest BCUT2D eigenvalue weighted by molar-refractivity contribution is 6.00. The number of fused-ring (bicyclic) bond motifs is 1. The Morgan fingerprint density at radius 3 is 2.43 bits per heavy atom. The number of nitrogens with zero attached hydrogens (tertiary/aromatic N) is 3. The highest BCUT2D eigenvalue weighted by Crippen LogP contribution is 2.37. The monoisotopic (exact) mass is 403 g/mol. The first-order valence-corrected chi connectivity index (χ1v) is 10.1. The van der Waals surface area contributed by atoms with Crippen molar-refractivity contribution in [3.8, 4) is 11.1 Å². The van der Waals surface area contributed by atoms with Crippen molar-refractivity contribution in [2.24, 2.45) is 5.92 Å². The van der Waals surface area contributed by atoms with Crippen LogP contribution in [0.3, 0.4) is 0 Å². The van der Waals surface area contributed by atoms with E-state index in [1.807, 2.05) is 42.5 Å². The summed E-state index contributed by atoms with van der Waals surface area (Å²) in [6, 6.07) is 13.8. The third kappa shape index (κ3) is 3.96. The third-order valence-electron chi connectivity index (χ3n) is 5.53. The molecule has 1 atom stereocenters. The molecule has 0 radical (unpaired) electrons. The van der Waals surface area contributed by atoms with E-state index >= 15 is 0 Å². The van der Waals surface area contributed by atoms with Crippen LogP contribution in [0, 0.1) is 5.92 Å². The van der Waals surface area contributed by atoms with Crippen LogP contribution >= 0.6 is 0 Å². The van der Waals surface area contributed by atoms with Crippen LogP contribution in [0.5, 0.6) is 0 Å². The summed E-state index contributed by atoms with van der Waals surface area (Å²) in [7, 11) is 3.48. The molecule has 30 heavy (non-hydrogen) atoms. The number of anilines is 2. The molecule has 4 rings (SSSR count). The zero-order valence-corrected chi connectivity index (χ0v) is 17.3. The van der Waals surface area contributed by atoms with E-state index in [9.17, 15) is 9.59 Å². The molecule has 1 fully saturated rings. The Bertz CT molecular complexity index is 1090. The molecule has 2 N–H and O–H groups in total. The van der Waals surface area contributed by atoms with Crippen LogP contribution in [-0.4, -0.2) is 47.6 Å². The Kier molecular flexibility index (Phi) is 5.35. The summed E-state index contributed by atoms with van der Waals surface area (Å²) < 4.78 is 0. The van der Waals surface area contributed by atoms with Crippen LogP contribution in [0.1, 0.15) is 30.1 Å². The first kappa shape index (κ1) is 19.8.